The van der Waals surface area contributed by atoms with E-state index in [4.69, 9.17) is 0 Å². The van der Waals surface area contributed by atoms with Crippen LogP contribution in [0.2, 0.25) is 0 Å². The van der Waals surface area contributed by atoms with Crippen LogP contribution in [0.5, 0.6) is 0 Å². The molecule has 6 aromatic carbocycles. The number of hydrogen-bond acceptors (Lipinski definition) is 0. The molecule has 1 aromatic heterocycles. The number of hydrogen-bond donors (Lipinski definition) is 0. The summed E-state index contributed by atoms with van der Waals surface area (Å²) in [5, 5.41) is 5.09. The zero-order valence-electron chi connectivity index (χ0n) is 19.5. The maximum Gasteiger partial charge on any atom is 0.0547 e. The number of rotatable bonds is 3. The fraction of sp³-hybridized carbons (Fsp3) is 0. The van der Waals surface area contributed by atoms with Gasteiger partial charge < -0.3 is 4.57 Å². The molecule has 0 spiro atoms. The lowest BCUT2D eigenvalue weighted by Crippen LogP contribution is -1.94. The molecule has 0 aliphatic rings. The minimum atomic E-state index is 1.09. The van der Waals surface area contributed by atoms with Gasteiger partial charge in [-0.3, -0.25) is 0 Å². The molecule has 0 bridgehead atoms. The fourth-order valence-electron chi connectivity index (χ4n) is 5.34. The van der Waals surface area contributed by atoms with Gasteiger partial charge >= 0.3 is 0 Å². The van der Waals surface area contributed by atoms with Crippen LogP contribution in [0, 0.1) is 0 Å². The highest BCUT2D eigenvalue weighted by molar-refractivity contribution is 9.10. The van der Waals surface area contributed by atoms with Crippen molar-refractivity contribution in [2.75, 3.05) is 0 Å². The number of benzene rings is 6. The van der Waals surface area contributed by atoms with E-state index in [1.54, 1.807) is 0 Å². The van der Waals surface area contributed by atoms with Gasteiger partial charge in [0.15, 0.2) is 0 Å². The van der Waals surface area contributed by atoms with Crippen molar-refractivity contribution in [3.8, 4) is 27.9 Å². The predicted octanol–water partition coefficient (Wildman–Crippen LogP) is 10.0. The minimum Gasteiger partial charge on any atom is -0.309 e. The average molecular weight is 524 g/mol. The van der Waals surface area contributed by atoms with E-state index in [9.17, 15) is 0 Å². The van der Waals surface area contributed by atoms with Gasteiger partial charge in [0, 0.05) is 20.9 Å². The van der Waals surface area contributed by atoms with Crippen LogP contribution in [-0.4, -0.2) is 4.57 Å². The van der Waals surface area contributed by atoms with Crippen LogP contribution in [0.3, 0.4) is 0 Å². The van der Waals surface area contributed by atoms with Gasteiger partial charge in [-0.15, -0.1) is 0 Å². The number of nitrogens with zero attached hydrogens (tertiary/aromatic N) is 1. The summed E-state index contributed by atoms with van der Waals surface area (Å²) in [6.07, 6.45) is 0. The maximum absolute atomic E-state index is 3.55. The quantitative estimate of drug-likeness (QED) is 0.217. The van der Waals surface area contributed by atoms with E-state index in [1.807, 2.05) is 0 Å². The van der Waals surface area contributed by atoms with Crippen LogP contribution in [0.1, 0.15) is 0 Å². The van der Waals surface area contributed by atoms with Crippen molar-refractivity contribution in [2.24, 2.45) is 0 Å². The van der Waals surface area contributed by atoms with E-state index >= 15 is 0 Å². The van der Waals surface area contributed by atoms with E-state index in [1.165, 1.54) is 54.8 Å². The van der Waals surface area contributed by atoms with E-state index in [-0.39, 0.29) is 0 Å². The Kier molecular flexibility index (Phi) is 5.00. The number of fused-ring (bicyclic) bond motifs is 4. The third kappa shape index (κ3) is 3.45. The summed E-state index contributed by atoms with van der Waals surface area (Å²) in [6, 6.07) is 48.1. The molecule has 0 aliphatic heterocycles. The molecule has 0 aliphatic carbocycles. The molecule has 7 aromatic rings. The lowest BCUT2D eigenvalue weighted by molar-refractivity contribution is 1.18. The Labute approximate surface area is 218 Å². The normalized spacial score (nSPS) is 11.5. The Bertz CT molecular complexity index is 1870. The first-order chi connectivity index (χ1) is 17.8. The highest BCUT2D eigenvalue weighted by atomic mass is 79.9. The highest BCUT2D eigenvalue weighted by Crippen LogP contribution is 2.36. The Morgan fingerprint density at radius 1 is 0.444 bits per heavy atom. The summed E-state index contributed by atoms with van der Waals surface area (Å²) >= 11 is 3.55. The molecule has 0 unspecified atom stereocenters. The van der Waals surface area contributed by atoms with Crippen LogP contribution in [0.25, 0.3) is 60.5 Å². The Balaban J connectivity index is 1.41. The monoisotopic (exact) mass is 523 g/mol. The van der Waals surface area contributed by atoms with Crippen molar-refractivity contribution in [1.82, 2.24) is 4.57 Å². The zero-order valence-corrected chi connectivity index (χ0v) is 21.1. The van der Waals surface area contributed by atoms with Gasteiger partial charge in [0.05, 0.1) is 11.0 Å². The van der Waals surface area contributed by atoms with Crippen LogP contribution in [0.4, 0.5) is 0 Å². The average Bonchev–Trinajstić information content (AvgIpc) is 3.27. The molecule has 1 nitrogen and oxygen atoms in total. The molecule has 0 atom stereocenters. The van der Waals surface area contributed by atoms with E-state index in [2.05, 4.69) is 154 Å². The van der Waals surface area contributed by atoms with E-state index in [0.717, 1.165) is 10.2 Å². The lowest BCUT2D eigenvalue weighted by Gasteiger charge is -2.11. The van der Waals surface area contributed by atoms with Crippen molar-refractivity contribution >= 4 is 48.5 Å². The number of para-hydroxylation sites is 1. The molecular weight excluding hydrogens is 502 g/mol. The third-order valence-corrected chi connectivity index (χ3v) is 7.61. The molecule has 0 fully saturated rings. The SMILES string of the molecule is Brc1ccc(-c2ccc3c4ccccc4n(-c4ccc(-c5cccc6ccccc56)cc4)c3c2)cc1. The second-order valence-corrected chi connectivity index (χ2v) is 10.1. The first-order valence-electron chi connectivity index (χ1n) is 12.1. The van der Waals surface area contributed by atoms with E-state index in [0.29, 0.717) is 0 Å². The molecule has 7 rings (SSSR count). The summed E-state index contributed by atoms with van der Waals surface area (Å²) < 4.78 is 3.48. The van der Waals surface area contributed by atoms with Gasteiger partial charge in [-0.2, -0.15) is 0 Å². The molecule has 0 radical (unpaired) electrons. The Hall–Kier alpha value is -4.14. The van der Waals surface area contributed by atoms with Gasteiger partial charge in [-0.25, -0.2) is 0 Å². The first-order valence-corrected chi connectivity index (χ1v) is 12.9. The second kappa shape index (κ2) is 8.51. The Morgan fingerprint density at radius 2 is 1.08 bits per heavy atom. The highest BCUT2D eigenvalue weighted by Gasteiger charge is 2.13. The molecular formula is C34H22BrN. The third-order valence-electron chi connectivity index (χ3n) is 7.08. The van der Waals surface area contributed by atoms with Crippen molar-refractivity contribution in [2.45, 2.75) is 0 Å². The van der Waals surface area contributed by atoms with Crippen LogP contribution < -0.4 is 0 Å². The van der Waals surface area contributed by atoms with Crippen LogP contribution in [0.15, 0.2) is 138 Å². The first kappa shape index (κ1) is 21.2. The molecule has 0 N–H and O–H groups in total. The zero-order chi connectivity index (χ0) is 24.1. The molecule has 36 heavy (non-hydrogen) atoms. The summed E-state index contributed by atoms with van der Waals surface area (Å²) in [4.78, 5) is 0. The van der Waals surface area contributed by atoms with Gasteiger partial charge in [0.1, 0.15) is 0 Å². The van der Waals surface area contributed by atoms with Crippen molar-refractivity contribution < 1.29 is 0 Å². The molecule has 0 saturated carbocycles. The number of halogens is 1. The fourth-order valence-corrected chi connectivity index (χ4v) is 5.60. The van der Waals surface area contributed by atoms with E-state index < -0.39 is 0 Å². The van der Waals surface area contributed by atoms with Crippen molar-refractivity contribution in [3.05, 3.63) is 138 Å². The van der Waals surface area contributed by atoms with Crippen LogP contribution >= 0.6 is 15.9 Å². The molecule has 1 heterocycles. The standard InChI is InChI=1S/C34H22BrN/c35-27-17-12-23(13-18-27)26-16-21-32-31-9-3-4-11-33(31)36(34(32)22-26)28-19-14-25(15-20-28)30-10-5-7-24-6-1-2-8-29(24)30/h1-22H. The Morgan fingerprint density at radius 3 is 1.92 bits per heavy atom. The van der Waals surface area contributed by atoms with Gasteiger partial charge in [0.2, 0.25) is 0 Å². The molecule has 2 heteroatoms. The maximum atomic E-state index is 3.55. The molecule has 0 amide bonds. The molecule has 170 valence electrons. The summed E-state index contributed by atoms with van der Waals surface area (Å²) in [5.74, 6) is 0. The van der Waals surface area contributed by atoms with Crippen LogP contribution in [-0.2, 0) is 0 Å². The summed E-state index contributed by atoms with van der Waals surface area (Å²) in [7, 11) is 0. The summed E-state index contributed by atoms with van der Waals surface area (Å²) in [5.41, 5.74) is 8.52. The smallest absolute Gasteiger partial charge is 0.0547 e. The second-order valence-electron chi connectivity index (χ2n) is 9.16. The molecule has 0 saturated heterocycles. The largest absolute Gasteiger partial charge is 0.309 e. The topological polar surface area (TPSA) is 4.93 Å². The lowest BCUT2D eigenvalue weighted by atomic mass is 9.98. The van der Waals surface area contributed by atoms with Crippen molar-refractivity contribution in [1.29, 1.82) is 0 Å². The number of aromatic nitrogens is 1. The van der Waals surface area contributed by atoms with Gasteiger partial charge in [-0.1, -0.05) is 113 Å². The predicted molar refractivity (Wildman–Crippen MR) is 157 cm³/mol. The van der Waals surface area contributed by atoms with Gasteiger partial charge in [-0.05, 0) is 69.4 Å². The minimum absolute atomic E-state index is 1.09. The van der Waals surface area contributed by atoms with Crippen molar-refractivity contribution in [3.63, 3.8) is 0 Å². The van der Waals surface area contributed by atoms with Gasteiger partial charge in [0.25, 0.3) is 0 Å². The summed E-state index contributed by atoms with van der Waals surface area (Å²) in [6.45, 7) is 0.